The van der Waals surface area contributed by atoms with Crippen molar-refractivity contribution >= 4 is 21.8 Å². The average molecular weight is 723 g/mol. The van der Waals surface area contributed by atoms with E-state index in [2.05, 4.69) is 138 Å². The fourth-order valence-corrected chi connectivity index (χ4v) is 6.82. The Morgan fingerprint density at radius 2 is 1.56 bits per heavy atom. The van der Waals surface area contributed by atoms with Gasteiger partial charge in [-0.1, -0.05) is 69.1 Å². The Morgan fingerprint density at radius 3 is 2.31 bits per heavy atom. The van der Waals surface area contributed by atoms with Crippen molar-refractivity contribution in [2.75, 3.05) is 0 Å². The van der Waals surface area contributed by atoms with E-state index < -0.39 is 0 Å². The van der Waals surface area contributed by atoms with Gasteiger partial charge in [-0.3, -0.25) is 4.68 Å². The Kier molecular flexibility index (Phi) is 9.43. The zero-order valence-electron chi connectivity index (χ0n) is 28.6. The van der Waals surface area contributed by atoms with Crippen molar-refractivity contribution in [1.29, 1.82) is 0 Å². The van der Waals surface area contributed by atoms with Crippen LogP contribution in [0, 0.1) is 39.8 Å². The number of hydrogen-bond acceptors (Lipinski definition) is 3. The second kappa shape index (κ2) is 13.6. The predicted octanol–water partition coefficient (Wildman–Crippen LogP) is 10.7. The summed E-state index contributed by atoms with van der Waals surface area (Å²) in [5.41, 5.74) is 12.3. The van der Waals surface area contributed by atoms with Crippen LogP contribution in [0.2, 0.25) is 0 Å². The van der Waals surface area contributed by atoms with Gasteiger partial charge in [0.1, 0.15) is 5.82 Å². The zero-order chi connectivity index (χ0) is 32.8. The summed E-state index contributed by atoms with van der Waals surface area (Å²) in [5.74, 6) is 2.43. The number of ether oxygens (including phenoxy) is 1. The number of rotatable bonds is 8. The quantitative estimate of drug-likeness (QED) is 0.116. The van der Waals surface area contributed by atoms with Crippen LogP contribution < -0.4 is 4.74 Å². The van der Waals surface area contributed by atoms with Gasteiger partial charge in [0.05, 0.1) is 5.69 Å². The molecule has 3 aromatic heterocycles. The van der Waals surface area contributed by atoms with Crippen molar-refractivity contribution in [3.05, 3.63) is 131 Å². The maximum Gasteiger partial charge on any atom is 2.00 e. The van der Waals surface area contributed by atoms with Crippen LogP contribution in [0.4, 0.5) is 0 Å². The van der Waals surface area contributed by atoms with Gasteiger partial charge in [0.25, 0.3) is 0 Å². The summed E-state index contributed by atoms with van der Waals surface area (Å²) < 4.78 is 10.8. The Morgan fingerprint density at radius 1 is 0.792 bits per heavy atom. The third kappa shape index (κ3) is 6.00. The average Bonchev–Trinajstić information content (AvgIpc) is 3.54. The summed E-state index contributed by atoms with van der Waals surface area (Å²) in [4.78, 5) is 4.79. The third-order valence-electron chi connectivity index (χ3n) is 9.12. The molecule has 7 aromatic rings. The molecule has 0 radical (unpaired) electrons. The molecule has 48 heavy (non-hydrogen) atoms. The number of fused-ring (bicyclic) bond motifs is 3. The van der Waals surface area contributed by atoms with E-state index in [1.54, 1.807) is 0 Å². The summed E-state index contributed by atoms with van der Waals surface area (Å²) >= 11 is 0. The summed E-state index contributed by atoms with van der Waals surface area (Å²) in [6, 6.07) is 34.7. The molecule has 7 rings (SSSR count). The van der Waals surface area contributed by atoms with Crippen molar-refractivity contribution in [1.82, 2.24) is 19.3 Å². The smallest absolute Gasteiger partial charge is 0.509 e. The monoisotopic (exact) mass is 722 g/mol. The van der Waals surface area contributed by atoms with Crippen LogP contribution in [0.5, 0.6) is 11.5 Å². The summed E-state index contributed by atoms with van der Waals surface area (Å²) in [6.07, 6.45) is 4.00. The van der Waals surface area contributed by atoms with Crippen molar-refractivity contribution in [3.8, 4) is 34.1 Å². The number of aromatic nitrogens is 4. The summed E-state index contributed by atoms with van der Waals surface area (Å²) in [5, 5.41) is 7.30. The minimum atomic E-state index is 0. The molecule has 0 bridgehead atoms. The molecule has 4 aromatic carbocycles. The predicted molar refractivity (Wildman–Crippen MR) is 192 cm³/mol. The van der Waals surface area contributed by atoms with Crippen LogP contribution >= 0.6 is 0 Å². The number of nitrogens with zero attached hydrogens (tertiary/aromatic N) is 4. The third-order valence-corrected chi connectivity index (χ3v) is 9.12. The van der Waals surface area contributed by atoms with Gasteiger partial charge in [-0.05, 0) is 91.6 Å². The van der Waals surface area contributed by atoms with Crippen LogP contribution in [-0.2, 0) is 26.8 Å². The molecule has 0 unspecified atom stereocenters. The van der Waals surface area contributed by atoms with E-state index in [-0.39, 0.29) is 26.3 Å². The van der Waals surface area contributed by atoms with Gasteiger partial charge < -0.3 is 9.30 Å². The van der Waals surface area contributed by atoms with Gasteiger partial charge in [0, 0.05) is 34.5 Å². The standard InChI is InChI=1S/C42H40N4O.Pd/c1-8-12-31-19-20-43-40(21-31)45-38-16-10-9-15-36(38)37-18-17-34(25-39(37)45)47-35-23-32(26(2)3)22-33(24-35)46-30(7)42(29(6)44-46)41-27(4)13-11-14-28(41)5;/h9-11,13-23,26H,8,12H2,1-7H3;/q-2;+2. The van der Waals surface area contributed by atoms with E-state index >= 15 is 0 Å². The summed E-state index contributed by atoms with van der Waals surface area (Å²) in [7, 11) is 0. The van der Waals surface area contributed by atoms with Crippen LogP contribution in [0.25, 0.3) is 44.4 Å². The van der Waals surface area contributed by atoms with Crippen molar-refractivity contribution in [2.45, 2.75) is 67.2 Å². The Hall–Kier alpha value is -4.50. The molecular formula is C42H40N4OPd. The maximum atomic E-state index is 6.60. The summed E-state index contributed by atoms with van der Waals surface area (Å²) in [6.45, 7) is 15.2. The first kappa shape index (κ1) is 33.4. The molecule has 6 heteroatoms. The number of hydrogen-bond donors (Lipinski definition) is 0. The Balaban J connectivity index is 0.00000401. The SMILES string of the molecule is CCCc1ccnc(-n2c3[c-]c(Oc4[c-]c(-n5nc(C)c(-c6c(C)cccc6C)c5C)cc(C(C)C)c4)ccc3c3ccccc32)c1.[Pd+2]. The van der Waals surface area contributed by atoms with Gasteiger partial charge in [-0.25, -0.2) is 4.98 Å². The topological polar surface area (TPSA) is 44.9 Å². The molecule has 0 spiro atoms. The van der Waals surface area contributed by atoms with E-state index in [0.29, 0.717) is 11.5 Å². The maximum absolute atomic E-state index is 6.60. The van der Waals surface area contributed by atoms with Gasteiger partial charge in [0.2, 0.25) is 0 Å². The first-order chi connectivity index (χ1) is 22.7. The first-order valence-electron chi connectivity index (χ1n) is 16.5. The van der Waals surface area contributed by atoms with Gasteiger partial charge >= 0.3 is 20.4 Å². The van der Waals surface area contributed by atoms with E-state index in [0.717, 1.165) is 63.1 Å². The molecule has 0 aliphatic heterocycles. The molecule has 3 heterocycles. The van der Waals surface area contributed by atoms with Crippen LogP contribution in [0.15, 0.2) is 85.1 Å². The van der Waals surface area contributed by atoms with Gasteiger partial charge in [-0.2, -0.15) is 11.2 Å². The zero-order valence-corrected chi connectivity index (χ0v) is 30.1. The normalized spacial score (nSPS) is 11.4. The van der Waals surface area contributed by atoms with E-state index in [1.165, 1.54) is 27.8 Å². The number of aryl methyl sites for hydroxylation is 4. The molecular weight excluding hydrogens is 683 g/mol. The minimum Gasteiger partial charge on any atom is -0.509 e. The Bertz CT molecular complexity index is 2260. The Labute approximate surface area is 297 Å². The molecule has 0 saturated carbocycles. The first-order valence-corrected chi connectivity index (χ1v) is 16.5. The molecule has 0 atom stereocenters. The van der Waals surface area contributed by atoms with Crippen LogP contribution in [-0.4, -0.2) is 19.3 Å². The molecule has 0 N–H and O–H groups in total. The van der Waals surface area contributed by atoms with Crippen LogP contribution in [0.3, 0.4) is 0 Å². The molecule has 5 nitrogen and oxygen atoms in total. The largest absolute Gasteiger partial charge is 2.00 e. The van der Waals surface area contributed by atoms with Crippen molar-refractivity contribution < 1.29 is 25.2 Å². The molecule has 0 aliphatic rings. The molecule has 0 saturated heterocycles. The number of pyridine rings is 1. The van der Waals surface area contributed by atoms with Crippen molar-refractivity contribution in [3.63, 3.8) is 0 Å². The second-order valence-corrected chi connectivity index (χ2v) is 12.9. The number of para-hydroxylation sites is 1. The fraction of sp³-hybridized carbons (Fsp3) is 0.238. The van der Waals surface area contributed by atoms with Crippen LogP contribution in [0.1, 0.15) is 66.8 Å². The van der Waals surface area contributed by atoms with E-state index in [1.807, 2.05) is 16.9 Å². The van der Waals surface area contributed by atoms with Gasteiger partial charge in [-0.15, -0.1) is 41.3 Å². The molecule has 0 amide bonds. The van der Waals surface area contributed by atoms with E-state index in [4.69, 9.17) is 14.8 Å². The molecule has 0 fully saturated rings. The minimum absolute atomic E-state index is 0. The van der Waals surface area contributed by atoms with E-state index in [9.17, 15) is 0 Å². The number of benzene rings is 4. The second-order valence-electron chi connectivity index (χ2n) is 12.9. The molecule has 0 aliphatic carbocycles. The van der Waals surface area contributed by atoms with Crippen molar-refractivity contribution in [2.24, 2.45) is 0 Å². The van der Waals surface area contributed by atoms with Gasteiger partial charge in [0.15, 0.2) is 0 Å². The molecule has 244 valence electrons. The fourth-order valence-electron chi connectivity index (χ4n) is 6.82.